The third kappa shape index (κ3) is 15.5. The van der Waals surface area contributed by atoms with Gasteiger partial charge in [-0.3, -0.25) is 24.1 Å². The highest BCUT2D eigenvalue weighted by atomic mass is 32.2. The summed E-state index contributed by atoms with van der Waals surface area (Å²) in [7, 11) is -12.2. The molecule has 0 spiro atoms. The Bertz CT molecular complexity index is 5270. The second kappa shape index (κ2) is 26.9. The second-order valence-electron chi connectivity index (χ2n) is 26.0. The van der Waals surface area contributed by atoms with Crippen LogP contribution in [0.25, 0.3) is 49.6 Å². The number of phenolic OH excluding ortho intramolecular Hbond substituents is 1. The minimum absolute atomic E-state index is 0.00240. The Kier molecular flexibility index (Phi) is 19.3. The highest BCUT2D eigenvalue weighted by molar-refractivity contribution is 7.93. The van der Waals surface area contributed by atoms with Crippen LogP contribution in [0.4, 0.5) is 39.4 Å². The number of nitrogens with one attached hydrogen (secondary N) is 3. The van der Waals surface area contributed by atoms with Crippen LogP contribution in [0, 0.1) is 19.7 Å². The molecule has 0 bridgehead atoms. The van der Waals surface area contributed by atoms with Crippen LogP contribution in [-0.4, -0.2) is 69.7 Å². The van der Waals surface area contributed by atoms with Crippen LogP contribution in [0.15, 0.2) is 203 Å². The van der Waals surface area contributed by atoms with E-state index in [0.717, 1.165) is 50.6 Å². The van der Waals surface area contributed by atoms with E-state index in [0.29, 0.717) is 50.0 Å². The lowest BCUT2D eigenvalue weighted by Gasteiger charge is -2.20. The molecule has 12 aromatic rings. The number of aromatic nitrogens is 8. The molecule has 12 rings (SSSR count). The molecule has 0 aliphatic rings. The van der Waals surface area contributed by atoms with Crippen molar-refractivity contribution < 1.29 is 52.3 Å². The largest absolute Gasteiger partial charge is 0.507 e. The number of aromatic hydroxyl groups is 1. The zero-order valence-electron chi connectivity index (χ0n) is 54.6. The van der Waals surface area contributed by atoms with Crippen LogP contribution < -0.4 is 14.2 Å². The van der Waals surface area contributed by atoms with Crippen molar-refractivity contribution in [3.63, 3.8) is 0 Å². The smallest absolute Gasteiger partial charge is 0.282 e. The number of hydrogen-bond donors (Lipinski definition) is 4. The Hall–Kier alpha value is -10.1. The summed E-state index contributed by atoms with van der Waals surface area (Å²) < 4.78 is 158. The lowest BCUT2D eigenvalue weighted by atomic mass is 9.87. The Morgan fingerprint density at radius 2 is 0.845 bits per heavy atom. The SMILES string of the molecule is CC(C)(C)c1ccc(S(=O)(=O)Nc2cc(C(F)F)nn2-c2cccc3c(O)cccc23)cc1.CC(C)(C)c1ccc(S(=O)(=O)Nc2cc(C(F)F)nn2-c2cccc3ncccc23)cc1.Cc1ccc2c(-n3nc(C)cc3NS(=O)(=O)c3ccc(C(C)(C)C)c(F)c3)cccc2n1. The highest BCUT2D eigenvalue weighted by Gasteiger charge is 2.28. The van der Waals surface area contributed by atoms with Gasteiger partial charge in [-0.2, -0.15) is 15.3 Å². The first-order valence-electron chi connectivity index (χ1n) is 30.3. The van der Waals surface area contributed by atoms with Gasteiger partial charge in [0.25, 0.3) is 42.9 Å². The van der Waals surface area contributed by atoms with Gasteiger partial charge in [0, 0.05) is 51.6 Å². The van der Waals surface area contributed by atoms with Crippen LogP contribution in [0.1, 0.15) is 115 Å². The molecular formula is C71H70F5N11O7S3. The topological polar surface area (TPSA) is 238 Å². The summed E-state index contributed by atoms with van der Waals surface area (Å²) in [4.78, 5) is 8.67. The van der Waals surface area contributed by atoms with E-state index < -0.39 is 65.5 Å². The van der Waals surface area contributed by atoms with Gasteiger partial charge in [0.1, 0.15) is 40.4 Å². The number of halogens is 5. The average Bonchev–Trinajstić information content (AvgIpc) is 1.72. The predicted octanol–water partition coefficient (Wildman–Crippen LogP) is 16.5. The molecule has 0 unspecified atom stereocenters. The number of phenols is 1. The number of aryl methyl sites for hydroxylation is 2. The Labute approximate surface area is 559 Å². The standard InChI is InChI=1S/C24H23F2N3O3S.C24H25FN4O2S.C23H22F2N4O2S/c1-24(2,3)15-10-12-16(13-11-15)33(31,32)28-22-14-19(23(25)26)27-29(22)20-8-4-7-18-17(20)6-5-9-21(18)30;1-15-9-11-18-21(26-15)7-6-8-22(18)29-23(13-16(2)27-29)28-32(30,31)17-10-12-19(20(25)14-17)24(3,4)5;1-23(2,3)15-9-11-16(12-10-15)32(30,31)28-21-14-19(22(24)25)27-29(21)20-8-4-7-18-17(20)6-5-13-26-18/h4-14,23,28,30H,1-3H3;6-14,28H,1-5H3;4-14,22,28H,1-3H3. The zero-order valence-corrected chi connectivity index (χ0v) is 57.1. The number of rotatable bonds is 14. The molecule has 0 aliphatic heterocycles. The van der Waals surface area contributed by atoms with E-state index in [9.17, 15) is 52.3 Å². The van der Waals surface area contributed by atoms with Crippen molar-refractivity contribution in [1.82, 2.24) is 39.3 Å². The van der Waals surface area contributed by atoms with Gasteiger partial charge in [0.15, 0.2) is 0 Å². The molecule has 0 saturated heterocycles. The summed E-state index contributed by atoms with van der Waals surface area (Å²) in [5.41, 5.74) is 4.95. The Balaban J connectivity index is 0.000000158. The van der Waals surface area contributed by atoms with E-state index in [2.05, 4.69) is 39.4 Å². The molecule has 0 atom stereocenters. The van der Waals surface area contributed by atoms with Crippen molar-refractivity contribution in [2.24, 2.45) is 0 Å². The summed E-state index contributed by atoms with van der Waals surface area (Å²) >= 11 is 0. The van der Waals surface area contributed by atoms with Gasteiger partial charge in [-0.1, -0.05) is 129 Å². The predicted molar refractivity (Wildman–Crippen MR) is 368 cm³/mol. The number of anilines is 3. The fraction of sp³-hybridized carbons (Fsp3) is 0.225. The summed E-state index contributed by atoms with van der Waals surface area (Å²) in [6.07, 6.45) is -4.15. The molecular weight excluding hydrogens is 1310 g/mol. The first-order chi connectivity index (χ1) is 45.5. The molecule has 4 N–H and O–H groups in total. The third-order valence-corrected chi connectivity index (χ3v) is 19.7. The number of hydrogen-bond acceptors (Lipinski definition) is 12. The maximum atomic E-state index is 14.7. The summed E-state index contributed by atoms with van der Waals surface area (Å²) in [6, 6.07) is 48.3. The van der Waals surface area contributed by atoms with Crippen molar-refractivity contribution in [3.8, 4) is 22.8 Å². The number of alkyl halides is 4. The summed E-state index contributed by atoms with van der Waals surface area (Å²) in [5.74, 6) is -0.509. The molecule has 0 radical (unpaired) electrons. The minimum Gasteiger partial charge on any atom is -0.507 e. The average molecular weight is 1380 g/mol. The number of benzene rings is 7. The molecule has 97 heavy (non-hydrogen) atoms. The van der Waals surface area contributed by atoms with Gasteiger partial charge in [-0.25, -0.2) is 61.3 Å². The molecule has 0 aliphatic carbocycles. The minimum atomic E-state index is -4.09. The van der Waals surface area contributed by atoms with Crippen LogP contribution in [0.3, 0.4) is 0 Å². The monoisotopic (exact) mass is 1380 g/mol. The van der Waals surface area contributed by atoms with E-state index in [1.54, 1.807) is 104 Å². The second-order valence-corrected chi connectivity index (χ2v) is 31.0. The highest BCUT2D eigenvalue weighted by Crippen LogP contribution is 2.36. The maximum Gasteiger partial charge on any atom is 0.282 e. The first-order valence-corrected chi connectivity index (χ1v) is 34.8. The summed E-state index contributed by atoms with van der Waals surface area (Å²) in [5, 5.41) is 25.0. The molecule has 0 saturated carbocycles. The fourth-order valence-corrected chi connectivity index (χ4v) is 13.7. The van der Waals surface area contributed by atoms with Gasteiger partial charge in [0.05, 0.1) is 48.5 Å². The van der Waals surface area contributed by atoms with Crippen LogP contribution in [-0.2, 0) is 46.3 Å². The van der Waals surface area contributed by atoms with E-state index >= 15 is 0 Å². The third-order valence-electron chi connectivity index (χ3n) is 15.6. The number of nitrogens with zero attached hydrogens (tertiary/aromatic N) is 8. The molecule has 5 aromatic heterocycles. The molecule has 7 aromatic carbocycles. The molecule has 18 nitrogen and oxygen atoms in total. The normalized spacial score (nSPS) is 12.4. The Morgan fingerprint density at radius 3 is 1.34 bits per heavy atom. The van der Waals surface area contributed by atoms with Gasteiger partial charge < -0.3 is 5.11 Å². The maximum absolute atomic E-state index is 14.7. The van der Waals surface area contributed by atoms with Crippen molar-refractivity contribution in [2.75, 3.05) is 14.2 Å². The van der Waals surface area contributed by atoms with Gasteiger partial charge in [0.2, 0.25) is 0 Å². The van der Waals surface area contributed by atoms with Crippen molar-refractivity contribution in [3.05, 3.63) is 233 Å². The molecule has 26 heteroatoms. The van der Waals surface area contributed by atoms with Gasteiger partial charge in [-0.15, -0.1) is 0 Å². The van der Waals surface area contributed by atoms with Crippen LogP contribution >= 0.6 is 0 Å². The van der Waals surface area contributed by atoms with Gasteiger partial charge in [-0.05, 0) is 144 Å². The van der Waals surface area contributed by atoms with Crippen molar-refractivity contribution in [2.45, 2.75) is 120 Å². The number of sulfonamides is 3. The summed E-state index contributed by atoms with van der Waals surface area (Å²) in [6.45, 7) is 21.4. The van der Waals surface area contributed by atoms with E-state index in [1.165, 1.54) is 51.8 Å². The van der Waals surface area contributed by atoms with E-state index in [-0.39, 0.29) is 48.7 Å². The lowest BCUT2D eigenvalue weighted by Crippen LogP contribution is -2.18. The van der Waals surface area contributed by atoms with Crippen LogP contribution in [0.5, 0.6) is 5.75 Å². The van der Waals surface area contributed by atoms with Crippen LogP contribution in [0.2, 0.25) is 0 Å². The molecule has 5 heterocycles. The quantitative estimate of drug-likeness (QED) is 0.0744. The molecule has 504 valence electrons. The lowest BCUT2D eigenvalue weighted by molar-refractivity contribution is 0.145. The Morgan fingerprint density at radius 1 is 0.423 bits per heavy atom. The zero-order chi connectivity index (χ0) is 70.3. The fourth-order valence-electron chi connectivity index (χ4n) is 10.6. The van der Waals surface area contributed by atoms with Crippen molar-refractivity contribution in [1.29, 1.82) is 0 Å². The number of pyridine rings is 2. The van der Waals surface area contributed by atoms with Crippen molar-refractivity contribution >= 4 is 80.1 Å². The first kappa shape index (κ1) is 69.8. The molecule has 0 fully saturated rings. The molecule has 0 amide bonds. The van der Waals surface area contributed by atoms with E-state index in [4.69, 9.17) is 0 Å². The van der Waals surface area contributed by atoms with Gasteiger partial charge >= 0.3 is 0 Å². The number of fused-ring (bicyclic) bond motifs is 3. The van der Waals surface area contributed by atoms with E-state index in [1.807, 2.05) is 99.6 Å².